The van der Waals surface area contributed by atoms with Gasteiger partial charge in [0.15, 0.2) is 17.5 Å². The van der Waals surface area contributed by atoms with Crippen molar-refractivity contribution in [3.63, 3.8) is 0 Å². The molecule has 0 atom stereocenters. The molecule has 0 saturated carbocycles. The van der Waals surface area contributed by atoms with Crippen LogP contribution in [0.1, 0.15) is 5.56 Å². The Balaban J connectivity index is 1.16. The Morgan fingerprint density at radius 1 is 0.392 bits per heavy atom. The van der Waals surface area contributed by atoms with Gasteiger partial charge < -0.3 is 0 Å². The summed E-state index contributed by atoms with van der Waals surface area (Å²) in [6.45, 7) is 0. The highest BCUT2D eigenvalue weighted by molar-refractivity contribution is 7.26. The number of rotatable bonds is 6. The first-order valence-corrected chi connectivity index (χ1v) is 17.6. The van der Waals surface area contributed by atoms with Gasteiger partial charge in [0.05, 0.1) is 11.6 Å². The Morgan fingerprint density at radius 2 is 0.882 bits per heavy atom. The highest BCUT2D eigenvalue weighted by Crippen LogP contribution is 2.41. The number of fused-ring (bicyclic) bond motifs is 3. The van der Waals surface area contributed by atoms with Gasteiger partial charge in [0.1, 0.15) is 0 Å². The number of nitriles is 1. The van der Waals surface area contributed by atoms with Crippen LogP contribution in [0, 0.1) is 11.3 Å². The van der Waals surface area contributed by atoms with Crippen LogP contribution in [0.3, 0.4) is 0 Å². The van der Waals surface area contributed by atoms with E-state index in [1.54, 1.807) is 11.3 Å². The predicted octanol–water partition coefficient (Wildman–Crippen LogP) is 12.1. The van der Waals surface area contributed by atoms with Crippen LogP contribution in [-0.4, -0.2) is 15.0 Å². The van der Waals surface area contributed by atoms with Crippen LogP contribution in [0.2, 0.25) is 0 Å². The lowest BCUT2D eigenvalue weighted by molar-refractivity contribution is 1.07. The second-order valence-electron chi connectivity index (χ2n) is 12.3. The van der Waals surface area contributed by atoms with Crippen molar-refractivity contribution in [2.45, 2.75) is 0 Å². The van der Waals surface area contributed by atoms with Gasteiger partial charge >= 0.3 is 0 Å². The Bertz CT molecular complexity index is 2730. The Kier molecular flexibility index (Phi) is 7.70. The van der Waals surface area contributed by atoms with Crippen LogP contribution >= 0.6 is 11.3 Å². The molecule has 4 nitrogen and oxygen atoms in total. The quantitative estimate of drug-likeness (QED) is 0.177. The molecule has 0 aliphatic carbocycles. The minimum absolute atomic E-state index is 0.588. The topological polar surface area (TPSA) is 62.5 Å². The molecule has 9 rings (SSSR count). The summed E-state index contributed by atoms with van der Waals surface area (Å²) in [5.74, 6) is 1.81. The van der Waals surface area contributed by atoms with E-state index in [1.807, 2.05) is 66.7 Å². The fourth-order valence-electron chi connectivity index (χ4n) is 6.66. The third-order valence-corrected chi connectivity index (χ3v) is 10.3. The zero-order chi connectivity index (χ0) is 34.1. The van der Waals surface area contributed by atoms with E-state index in [1.165, 1.54) is 31.3 Å². The van der Waals surface area contributed by atoms with Gasteiger partial charge in [-0.3, -0.25) is 0 Å². The predicted molar refractivity (Wildman–Crippen MR) is 210 cm³/mol. The van der Waals surface area contributed by atoms with Gasteiger partial charge in [-0.05, 0) is 51.6 Å². The van der Waals surface area contributed by atoms with Crippen molar-refractivity contribution in [1.82, 2.24) is 15.0 Å². The lowest BCUT2D eigenvalue weighted by Gasteiger charge is -2.10. The van der Waals surface area contributed by atoms with Crippen LogP contribution in [0.4, 0.5) is 0 Å². The monoisotopic (exact) mass is 668 g/mol. The van der Waals surface area contributed by atoms with Gasteiger partial charge in [0, 0.05) is 36.9 Å². The van der Waals surface area contributed by atoms with E-state index in [-0.39, 0.29) is 0 Å². The molecule has 0 unspecified atom stereocenters. The minimum Gasteiger partial charge on any atom is -0.208 e. The molecule has 238 valence electrons. The molecule has 0 spiro atoms. The number of nitrogens with zero attached hydrogens (tertiary/aromatic N) is 4. The lowest BCUT2D eigenvalue weighted by atomic mass is 9.99. The van der Waals surface area contributed by atoms with Crippen LogP contribution in [-0.2, 0) is 0 Å². The fraction of sp³-hybridized carbons (Fsp3) is 0. The van der Waals surface area contributed by atoms with E-state index in [2.05, 4.69) is 109 Å². The van der Waals surface area contributed by atoms with Gasteiger partial charge in [-0.1, -0.05) is 152 Å². The van der Waals surface area contributed by atoms with Gasteiger partial charge in [-0.2, -0.15) is 5.26 Å². The highest BCUT2D eigenvalue weighted by atomic mass is 32.1. The molecular formula is C46H28N4S. The molecule has 7 aromatic carbocycles. The van der Waals surface area contributed by atoms with E-state index in [9.17, 15) is 5.26 Å². The summed E-state index contributed by atoms with van der Waals surface area (Å²) >= 11 is 1.79. The normalized spacial score (nSPS) is 11.1. The van der Waals surface area contributed by atoms with E-state index in [0.29, 0.717) is 23.0 Å². The summed E-state index contributed by atoms with van der Waals surface area (Å²) in [6.07, 6.45) is 0. The maximum atomic E-state index is 9.67. The average Bonchev–Trinajstić information content (AvgIpc) is 3.60. The van der Waals surface area contributed by atoms with E-state index >= 15 is 0 Å². The smallest absolute Gasteiger partial charge is 0.164 e. The second kappa shape index (κ2) is 12.9. The maximum Gasteiger partial charge on any atom is 0.164 e. The minimum atomic E-state index is 0.588. The zero-order valence-corrected chi connectivity index (χ0v) is 28.2. The zero-order valence-electron chi connectivity index (χ0n) is 27.4. The molecule has 0 fully saturated rings. The summed E-state index contributed by atoms with van der Waals surface area (Å²) in [5, 5.41) is 12.2. The lowest BCUT2D eigenvalue weighted by Crippen LogP contribution is -2.00. The van der Waals surface area contributed by atoms with Crippen LogP contribution < -0.4 is 0 Å². The molecule has 0 aliphatic rings. The number of benzene rings is 7. The molecule has 51 heavy (non-hydrogen) atoms. The van der Waals surface area contributed by atoms with Crippen molar-refractivity contribution in [1.29, 1.82) is 5.26 Å². The van der Waals surface area contributed by atoms with E-state index in [4.69, 9.17) is 15.0 Å². The Morgan fingerprint density at radius 3 is 1.55 bits per heavy atom. The molecule has 2 aromatic heterocycles. The molecule has 9 aromatic rings. The molecule has 0 amide bonds. The van der Waals surface area contributed by atoms with Gasteiger partial charge in [0.2, 0.25) is 0 Å². The first kappa shape index (κ1) is 30.3. The summed E-state index contributed by atoms with van der Waals surface area (Å²) in [4.78, 5) is 15.1. The number of hydrogen-bond donors (Lipinski definition) is 0. The van der Waals surface area contributed by atoms with Crippen molar-refractivity contribution < 1.29 is 0 Å². The van der Waals surface area contributed by atoms with Crippen molar-refractivity contribution in [3.8, 4) is 73.6 Å². The fourth-order valence-corrected chi connectivity index (χ4v) is 7.83. The van der Waals surface area contributed by atoms with Crippen LogP contribution in [0.25, 0.3) is 87.7 Å². The molecule has 0 bridgehead atoms. The first-order chi connectivity index (χ1) is 25.2. The summed E-state index contributed by atoms with van der Waals surface area (Å²) in [7, 11) is 0. The van der Waals surface area contributed by atoms with Gasteiger partial charge in [-0.25, -0.2) is 15.0 Å². The number of hydrogen-bond acceptors (Lipinski definition) is 5. The molecule has 5 heteroatoms. The van der Waals surface area contributed by atoms with Gasteiger partial charge in [0.25, 0.3) is 0 Å². The molecule has 0 saturated heterocycles. The molecule has 0 N–H and O–H groups in total. The van der Waals surface area contributed by atoms with Crippen molar-refractivity contribution in [2.24, 2.45) is 0 Å². The molecule has 0 radical (unpaired) electrons. The molecular weight excluding hydrogens is 641 g/mol. The average molecular weight is 669 g/mol. The van der Waals surface area contributed by atoms with Crippen molar-refractivity contribution in [3.05, 3.63) is 175 Å². The SMILES string of the molecule is N#Cc1ccccc1-c1ccc(-c2nc(-c3ccc(-c4ccccc4)cc3)nc(-c3ccc4c(c3)sc3cccc(-c5ccccc5)c34)n2)cc1. The summed E-state index contributed by atoms with van der Waals surface area (Å²) in [6, 6.07) is 60.4. The summed E-state index contributed by atoms with van der Waals surface area (Å²) in [5.41, 5.74) is 9.95. The highest BCUT2D eigenvalue weighted by Gasteiger charge is 2.16. The largest absolute Gasteiger partial charge is 0.208 e. The third-order valence-electron chi connectivity index (χ3n) is 9.23. The van der Waals surface area contributed by atoms with Crippen molar-refractivity contribution in [2.75, 3.05) is 0 Å². The van der Waals surface area contributed by atoms with E-state index in [0.717, 1.165) is 38.9 Å². The number of thiophene rings is 1. The molecule has 0 aliphatic heterocycles. The van der Waals surface area contributed by atoms with Gasteiger partial charge in [-0.15, -0.1) is 11.3 Å². The molecule has 2 heterocycles. The van der Waals surface area contributed by atoms with E-state index < -0.39 is 0 Å². The Labute approximate surface area is 299 Å². The van der Waals surface area contributed by atoms with Crippen molar-refractivity contribution >= 4 is 31.5 Å². The third kappa shape index (κ3) is 5.74. The maximum absolute atomic E-state index is 9.67. The summed E-state index contributed by atoms with van der Waals surface area (Å²) < 4.78 is 2.43. The van der Waals surface area contributed by atoms with Crippen LogP contribution in [0.5, 0.6) is 0 Å². The van der Waals surface area contributed by atoms with Crippen LogP contribution in [0.15, 0.2) is 170 Å². The second-order valence-corrected chi connectivity index (χ2v) is 13.4. The number of aromatic nitrogens is 3. The first-order valence-electron chi connectivity index (χ1n) is 16.7. The Hall–Kier alpha value is -6.74. The standard InChI is InChI=1S/C46H28N4S/c47-29-37-14-7-8-15-38(37)33-20-24-35(25-21-33)45-48-44(34-22-18-31(19-23-34)30-10-3-1-4-11-30)49-46(50-45)36-26-27-40-42(28-36)51-41-17-9-16-39(43(40)41)32-12-5-2-6-13-32/h1-28H.